The van der Waals surface area contributed by atoms with Gasteiger partial charge in [-0.1, -0.05) is 40.7 Å². The van der Waals surface area contributed by atoms with Crippen molar-refractivity contribution in [2.45, 2.75) is 123 Å². The second-order valence-corrected chi connectivity index (χ2v) is 12.5. The lowest BCUT2D eigenvalue weighted by atomic mass is 9.79. The molecule has 2 rings (SSSR count). The molecule has 0 spiro atoms. The van der Waals surface area contributed by atoms with Crippen LogP contribution in [0.1, 0.15) is 80.1 Å². The number of rotatable bonds is 6. The largest absolute Gasteiger partial charge is 0.462 e. The van der Waals surface area contributed by atoms with Crippen LogP contribution in [-0.2, 0) is 28.6 Å². The lowest BCUT2D eigenvalue weighted by molar-refractivity contribution is -0.283. The van der Waals surface area contributed by atoms with Crippen LogP contribution in [0.3, 0.4) is 0 Å². The molecule has 0 aromatic heterocycles. The summed E-state index contributed by atoms with van der Waals surface area (Å²) < 4.78 is 18.2. The molecule has 1 unspecified atom stereocenters. The first-order chi connectivity index (χ1) is 18.8. The number of carbonyl (C=O) groups excluding carboxylic acids is 3. The summed E-state index contributed by atoms with van der Waals surface area (Å²) >= 11 is 0. The number of likely N-dealkylation sites (N-methyl/N-ethyl adjacent to an activating group) is 1. The number of cyclic esters (lactones) is 1. The molecule has 0 radical (unpaired) electrons. The number of ketones is 1. The monoisotopic (exact) mass is 567 g/mol. The number of aliphatic hydroxyl groups is 2. The van der Waals surface area contributed by atoms with Crippen molar-refractivity contribution < 1.29 is 38.8 Å². The number of hydrogen-bond acceptors (Lipinski definition) is 9. The summed E-state index contributed by atoms with van der Waals surface area (Å²) in [6, 6.07) is -0.208. The number of nitrogens with zero attached hydrogens (tertiary/aromatic N) is 1. The van der Waals surface area contributed by atoms with Crippen molar-refractivity contribution in [3.8, 4) is 0 Å². The fourth-order valence-corrected chi connectivity index (χ4v) is 6.17. The number of ether oxygens (including phenoxy) is 3. The Kier molecular flexibility index (Phi) is 13.9. The third-order valence-electron chi connectivity index (χ3n) is 8.73. The topological polar surface area (TPSA) is 123 Å². The smallest absolute Gasteiger partial charge is 0.308 e. The van der Waals surface area contributed by atoms with Crippen LogP contribution < -0.4 is 0 Å². The van der Waals surface area contributed by atoms with E-state index >= 15 is 0 Å². The highest BCUT2D eigenvalue weighted by Gasteiger charge is 2.43. The van der Waals surface area contributed by atoms with E-state index in [-0.39, 0.29) is 48.7 Å². The van der Waals surface area contributed by atoms with Crippen molar-refractivity contribution in [2.75, 3.05) is 14.1 Å². The first kappa shape index (κ1) is 34.6. The Morgan fingerprint density at radius 2 is 1.75 bits per heavy atom. The van der Waals surface area contributed by atoms with Gasteiger partial charge < -0.3 is 34.1 Å². The van der Waals surface area contributed by atoms with E-state index in [4.69, 9.17) is 14.2 Å². The van der Waals surface area contributed by atoms with E-state index in [0.717, 1.165) is 12.7 Å². The molecule has 2 aliphatic rings. The summed E-state index contributed by atoms with van der Waals surface area (Å²) in [4.78, 5) is 39.8. The summed E-state index contributed by atoms with van der Waals surface area (Å²) in [6.45, 7) is 11.5. The van der Waals surface area contributed by atoms with E-state index in [0.29, 0.717) is 19.3 Å². The van der Waals surface area contributed by atoms with Crippen molar-refractivity contribution in [2.24, 2.45) is 29.6 Å². The Morgan fingerprint density at radius 1 is 1.07 bits per heavy atom. The molecule has 230 valence electrons. The van der Waals surface area contributed by atoms with Crippen LogP contribution in [0.25, 0.3) is 0 Å². The van der Waals surface area contributed by atoms with E-state index in [1.54, 1.807) is 13.0 Å². The fourth-order valence-electron chi connectivity index (χ4n) is 6.17. The van der Waals surface area contributed by atoms with Gasteiger partial charge in [0.15, 0.2) is 12.1 Å². The molecule has 0 saturated carbocycles. The average molecular weight is 568 g/mol. The Balaban J connectivity index is 2.45. The van der Waals surface area contributed by atoms with Gasteiger partial charge in [0, 0.05) is 24.3 Å². The number of carbonyl (C=O) groups is 3. The number of aliphatic hydroxyl groups excluding tert-OH is 2. The molecule has 1 saturated heterocycles. The molecule has 0 amide bonds. The fraction of sp³-hybridized carbons (Fsp3) is 0.839. The quantitative estimate of drug-likeness (QED) is 0.366. The van der Waals surface area contributed by atoms with Gasteiger partial charge in [0.2, 0.25) is 0 Å². The van der Waals surface area contributed by atoms with Gasteiger partial charge in [0.1, 0.15) is 18.5 Å². The third-order valence-corrected chi connectivity index (χ3v) is 8.73. The van der Waals surface area contributed by atoms with E-state index in [9.17, 15) is 24.6 Å². The Morgan fingerprint density at radius 3 is 2.35 bits per heavy atom. The normalized spacial score (nSPS) is 41.9. The van der Waals surface area contributed by atoms with E-state index in [1.807, 2.05) is 59.7 Å². The van der Waals surface area contributed by atoms with Crippen molar-refractivity contribution in [1.82, 2.24) is 4.90 Å². The first-order valence-corrected chi connectivity index (χ1v) is 15.0. The average Bonchev–Trinajstić information content (AvgIpc) is 2.88. The molecular formula is C31H53NO8. The zero-order valence-corrected chi connectivity index (χ0v) is 25.7. The molecule has 0 aromatic carbocycles. The van der Waals surface area contributed by atoms with Crippen LogP contribution >= 0.6 is 0 Å². The maximum atomic E-state index is 13.1. The molecule has 40 heavy (non-hydrogen) atoms. The standard InChI is InChI=1S/C31H53NO8/c1-9-27-20(4)14-18(2)10-11-25(34)19(3)15-23(12-13-33)30(22(6)26(35)17-28(36)39-27)40-31-29(37)24(32(7)8)16-21(5)38-31/h10-11,13,18-24,26-27,29-31,35,37H,9,12,14-17H2,1-8H3/b11-10+/t18-,19-,20+,21-,22+,23+,24+,26-,27-,29-,30?,31+/m1/s1. The van der Waals surface area contributed by atoms with Crippen LogP contribution in [0.15, 0.2) is 12.2 Å². The summed E-state index contributed by atoms with van der Waals surface area (Å²) in [6.07, 6.45) is 2.17. The summed E-state index contributed by atoms with van der Waals surface area (Å²) in [5, 5.41) is 22.4. The van der Waals surface area contributed by atoms with Gasteiger partial charge in [0.25, 0.3) is 0 Å². The molecule has 0 bridgehead atoms. The van der Waals surface area contributed by atoms with E-state index in [1.165, 1.54) is 0 Å². The molecule has 2 aliphatic heterocycles. The molecule has 0 aromatic rings. The Labute approximate surface area is 240 Å². The Hall–Kier alpha value is -1.65. The van der Waals surface area contributed by atoms with Gasteiger partial charge in [0.05, 0.1) is 24.7 Å². The third kappa shape index (κ3) is 9.72. The van der Waals surface area contributed by atoms with Crippen LogP contribution in [0.4, 0.5) is 0 Å². The van der Waals surface area contributed by atoms with Crippen LogP contribution in [0, 0.1) is 29.6 Å². The van der Waals surface area contributed by atoms with Crippen molar-refractivity contribution >= 4 is 18.0 Å². The maximum Gasteiger partial charge on any atom is 0.308 e. The van der Waals surface area contributed by atoms with Gasteiger partial charge in [-0.2, -0.15) is 0 Å². The Bertz CT molecular complexity index is 847. The number of allylic oxidation sites excluding steroid dienone is 2. The highest BCUT2D eigenvalue weighted by atomic mass is 16.7. The summed E-state index contributed by atoms with van der Waals surface area (Å²) in [7, 11) is 3.77. The van der Waals surface area contributed by atoms with Crippen molar-refractivity contribution in [1.29, 1.82) is 0 Å². The molecule has 12 atom stereocenters. The van der Waals surface area contributed by atoms with E-state index in [2.05, 4.69) is 0 Å². The van der Waals surface area contributed by atoms with Gasteiger partial charge >= 0.3 is 5.97 Å². The summed E-state index contributed by atoms with van der Waals surface area (Å²) in [5.41, 5.74) is 0. The number of aldehydes is 1. The minimum atomic E-state index is -1.13. The van der Waals surface area contributed by atoms with Gasteiger partial charge in [-0.3, -0.25) is 9.59 Å². The van der Waals surface area contributed by atoms with Gasteiger partial charge in [-0.25, -0.2) is 0 Å². The SMILES string of the molecule is CC[C@H]1OC(=O)C[C@@H](O)[C@H](C)C(O[C@@H]2O[C@H](C)C[C@H](N(C)C)[C@H]2O)[C@@H](CC=O)C[C@@H](C)C(=O)/C=C/[C@@H](C)C[C@@H]1C. The number of hydrogen-bond donors (Lipinski definition) is 2. The lowest BCUT2D eigenvalue weighted by Crippen LogP contribution is -2.56. The predicted molar refractivity (Wildman–Crippen MR) is 152 cm³/mol. The number of esters is 1. The lowest BCUT2D eigenvalue weighted by Gasteiger charge is -2.44. The van der Waals surface area contributed by atoms with Gasteiger partial charge in [-0.05, 0) is 70.5 Å². The summed E-state index contributed by atoms with van der Waals surface area (Å²) in [5.74, 6) is -1.81. The highest BCUT2D eigenvalue weighted by Crippen LogP contribution is 2.34. The van der Waals surface area contributed by atoms with Crippen molar-refractivity contribution in [3.05, 3.63) is 12.2 Å². The highest BCUT2D eigenvalue weighted by molar-refractivity contribution is 5.91. The minimum Gasteiger partial charge on any atom is -0.462 e. The molecule has 9 nitrogen and oxygen atoms in total. The first-order valence-electron chi connectivity index (χ1n) is 15.0. The second kappa shape index (κ2) is 16.1. The molecule has 9 heteroatoms. The van der Waals surface area contributed by atoms with Crippen LogP contribution in [-0.4, -0.2) is 90.1 Å². The van der Waals surface area contributed by atoms with Gasteiger partial charge in [-0.15, -0.1) is 0 Å². The van der Waals surface area contributed by atoms with Crippen LogP contribution in [0.5, 0.6) is 0 Å². The molecular weight excluding hydrogens is 514 g/mol. The van der Waals surface area contributed by atoms with Crippen LogP contribution in [0.2, 0.25) is 0 Å². The maximum absolute atomic E-state index is 13.1. The minimum absolute atomic E-state index is 0.0387. The molecule has 1 fully saturated rings. The zero-order chi connectivity index (χ0) is 30.1. The molecule has 0 aliphatic carbocycles. The van der Waals surface area contributed by atoms with Crippen molar-refractivity contribution in [3.63, 3.8) is 0 Å². The molecule has 2 N–H and O–H groups in total. The second-order valence-electron chi connectivity index (χ2n) is 12.5. The predicted octanol–water partition coefficient (Wildman–Crippen LogP) is 3.54. The molecule has 2 heterocycles. The zero-order valence-electron chi connectivity index (χ0n) is 25.7. The van der Waals surface area contributed by atoms with E-state index < -0.39 is 48.3 Å².